The van der Waals surface area contributed by atoms with Crippen LogP contribution in [0, 0.1) is 5.92 Å². The number of aliphatic imine (C=N–C) groups is 1. The summed E-state index contributed by atoms with van der Waals surface area (Å²) in [7, 11) is 0. The van der Waals surface area contributed by atoms with Crippen molar-refractivity contribution in [3.8, 4) is 0 Å². The Bertz CT molecular complexity index is 631. The highest BCUT2D eigenvalue weighted by Gasteiger charge is 2.16. The molecule has 1 aliphatic carbocycles. The van der Waals surface area contributed by atoms with Gasteiger partial charge < -0.3 is 11.1 Å². The quantitative estimate of drug-likeness (QED) is 0.654. The van der Waals surface area contributed by atoms with E-state index in [9.17, 15) is 0 Å². The Kier molecular flexibility index (Phi) is 4.34. The van der Waals surface area contributed by atoms with E-state index in [1.165, 1.54) is 24.6 Å². The minimum absolute atomic E-state index is 0.558. The standard InChI is InChI=1S/C17H22N4/c18-17(20-12-13-4-3-5-13)19-11-10-15-9-8-14-6-1-2-7-16(14)21-15/h1-2,6-9,13H,3-5,10-12H2,(H3,18,19,20). The summed E-state index contributed by atoms with van der Waals surface area (Å²) >= 11 is 0. The zero-order chi connectivity index (χ0) is 14.5. The van der Waals surface area contributed by atoms with Gasteiger partial charge in [0, 0.05) is 30.6 Å². The molecule has 110 valence electrons. The molecule has 0 amide bonds. The molecule has 0 aliphatic heterocycles. The molecule has 1 aromatic heterocycles. The molecule has 3 N–H and O–H groups in total. The van der Waals surface area contributed by atoms with Crippen molar-refractivity contribution in [3.63, 3.8) is 0 Å². The van der Waals surface area contributed by atoms with Gasteiger partial charge >= 0.3 is 0 Å². The van der Waals surface area contributed by atoms with Crippen LogP contribution in [0.2, 0.25) is 0 Å². The van der Waals surface area contributed by atoms with Crippen LogP contribution in [0.25, 0.3) is 10.9 Å². The first-order valence-electron chi connectivity index (χ1n) is 7.70. The van der Waals surface area contributed by atoms with Crippen molar-refractivity contribution in [2.75, 3.05) is 13.1 Å². The molecule has 1 aromatic carbocycles. The second-order valence-corrected chi connectivity index (χ2v) is 5.69. The summed E-state index contributed by atoms with van der Waals surface area (Å²) in [5.74, 6) is 1.31. The molecule has 4 heteroatoms. The molecule has 0 atom stereocenters. The normalized spacial score (nSPS) is 15.9. The van der Waals surface area contributed by atoms with Crippen molar-refractivity contribution in [2.45, 2.75) is 25.7 Å². The third-order valence-electron chi connectivity index (χ3n) is 4.09. The van der Waals surface area contributed by atoms with Crippen molar-refractivity contribution in [1.82, 2.24) is 10.3 Å². The van der Waals surface area contributed by atoms with Gasteiger partial charge in [0.25, 0.3) is 0 Å². The number of benzene rings is 1. The Hall–Kier alpha value is -2.10. The predicted molar refractivity (Wildman–Crippen MR) is 87.3 cm³/mol. The first-order chi connectivity index (χ1) is 10.3. The number of para-hydroxylation sites is 1. The Labute approximate surface area is 125 Å². The lowest BCUT2D eigenvalue weighted by molar-refractivity contribution is 0.326. The largest absolute Gasteiger partial charge is 0.370 e. The van der Waals surface area contributed by atoms with E-state index in [4.69, 9.17) is 5.73 Å². The van der Waals surface area contributed by atoms with E-state index in [0.29, 0.717) is 5.96 Å². The smallest absolute Gasteiger partial charge is 0.188 e. The van der Waals surface area contributed by atoms with Gasteiger partial charge in [0.1, 0.15) is 0 Å². The molecule has 1 heterocycles. The molecule has 4 nitrogen and oxygen atoms in total. The van der Waals surface area contributed by atoms with Crippen LogP contribution >= 0.6 is 0 Å². The SMILES string of the molecule is NC(=NCC1CCC1)NCCc1ccc2ccccc2n1. The number of hydrogen-bond acceptors (Lipinski definition) is 2. The first-order valence-corrected chi connectivity index (χ1v) is 7.70. The Balaban J connectivity index is 1.49. The highest BCUT2D eigenvalue weighted by molar-refractivity contribution is 5.78. The van der Waals surface area contributed by atoms with Crippen LogP contribution in [-0.4, -0.2) is 24.0 Å². The minimum Gasteiger partial charge on any atom is -0.370 e. The lowest BCUT2D eigenvalue weighted by atomic mass is 9.86. The Morgan fingerprint density at radius 2 is 2.10 bits per heavy atom. The summed E-state index contributed by atoms with van der Waals surface area (Å²) in [6.45, 7) is 1.64. The molecule has 1 fully saturated rings. The minimum atomic E-state index is 0.558. The Morgan fingerprint density at radius 3 is 2.90 bits per heavy atom. The van der Waals surface area contributed by atoms with Gasteiger partial charge in [0.05, 0.1) is 5.52 Å². The predicted octanol–water partition coefficient (Wildman–Crippen LogP) is 2.48. The summed E-state index contributed by atoms with van der Waals surface area (Å²) in [5, 5.41) is 4.35. The van der Waals surface area contributed by atoms with E-state index in [1.54, 1.807) is 0 Å². The fraction of sp³-hybridized carbons (Fsp3) is 0.412. The number of nitrogens with one attached hydrogen (secondary N) is 1. The number of aromatic nitrogens is 1. The molecule has 2 aromatic rings. The van der Waals surface area contributed by atoms with E-state index in [2.05, 4.69) is 33.5 Å². The van der Waals surface area contributed by atoms with Crippen LogP contribution < -0.4 is 11.1 Å². The van der Waals surface area contributed by atoms with Gasteiger partial charge in [0.15, 0.2) is 5.96 Å². The monoisotopic (exact) mass is 282 g/mol. The van der Waals surface area contributed by atoms with Crippen molar-refractivity contribution in [1.29, 1.82) is 0 Å². The van der Waals surface area contributed by atoms with Gasteiger partial charge in [0.2, 0.25) is 0 Å². The van der Waals surface area contributed by atoms with Crippen LogP contribution in [0.3, 0.4) is 0 Å². The maximum absolute atomic E-state index is 5.87. The van der Waals surface area contributed by atoms with E-state index in [-0.39, 0.29) is 0 Å². The highest BCUT2D eigenvalue weighted by atomic mass is 15.1. The topological polar surface area (TPSA) is 63.3 Å². The number of fused-ring (bicyclic) bond motifs is 1. The molecule has 1 saturated carbocycles. The molecular formula is C17H22N4. The first kappa shape index (κ1) is 13.9. The average Bonchev–Trinajstić information content (AvgIpc) is 2.45. The fourth-order valence-corrected chi connectivity index (χ4v) is 2.52. The van der Waals surface area contributed by atoms with Gasteiger partial charge in [-0.2, -0.15) is 0 Å². The van der Waals surface area contributed by atoms with E-state index in [1.807, 2.05) is 18.2 Å². The van der Waals surface area contributed by atoms with E-state index >= 15 is 0 Å². The zero-order valence-corrected chi connectivity index (χ0v) is 12.3. The van der Waals surface area contributed by atoms with Crippen LogP contribution in [0.4, 0.5) is 0 Å². The number of rotatable bonds is 5. The van der Waals surface area contributed by atoms with Gasteiger partial charge in [-0.3, -0.25) is 9.98 Å². The Morgan fingerprint density at radius 1 is 1.24 bits per heavy atom. The maximum Gasteiger partial charge on any atom is 0.188 e. The van der Waals surface area contributed by atoms with Crippen LogP contribution in [0.1, 0.15) is 25.0 Å². The molecule has 0 bridgehead atoms. The summed E-state index contributed by atoms with van der Waals surface area (Å²) < 4.78 is 0. The summed E-state index contributed by atoms with van der Waals surface area (Å²) in [4.78, 5) is 9.04. The number of guanidine groups is 1. The number of nitrogens with zero attached hydrogens (tertiary/aromatic N) is 2. The van der Waals surface area contributed by atoms with E-state index in [0.717, 1.165) is 36.6 Å². The fourth-order valence-electron chi connectivity index (χ4n) is 2.52. The van der Waals surface area contributed by atoms with Crippen molar-refractivity contribution in [3.05, 3.63) is 42.1 Å². The lowest BCUT2D eigenvalue weighted by Crippen LogP contribution is -2.34. The van der Waals surface area contributed by atoms with Gasteiger partial charge in [-0.05, 0) is 30.9 Å². The summed E-state index contributed by atoms with van der Waals surface area (Å²) in [6.07, 6.45) is 4.81. The van der Waals surface area contributed by atoms with Crippen molar-refractivity contribution in [2.24, 2.45) is 16.6 Å². The summed E-state index contributed by atoms with van der Waals surface area (Å²) in [5.41, 5.74) is 7.99. The molecule has 1 aliphatic rings. The van der Waals surface area contributed by atoms with Crippen LogP contribution in [-0.2, 0) is 6.42 Å². The lowest BCUT2D eigenvalue weighted by Gasteiger charge is -2.23. The molecule has 21 heavy (non-hydrogen) atoms. The average molecular weight is 282 g/mol. The number of hydrogen-bond donors (Lipinski definition) is 2. The van der Waals surface area contributed by atoms with Crippen molar-refractivity contribution < 1.29 is 0 Å². The second kappa shape index (κ2) is 6.57. The molecule has 0 unspecified atom stereocenters. The van der Waals surface area contributed by atoms with Gasteiger partial charge in [-0.25, -0.2) is 0 Å². The molecule has 0 spiro atoms. The zero-order valence-electron chi connectivity index (χ0n) is 12.3. The molecule has 0 radical (unpaired) electrons. The molecule has 3 rings (SSSR count). The van der Waals surface area contributed by atoms with Gasteiger partial charge in [-0.1, -0.05) is 30.7 Å². The van der Waals surface area contributed by atoms with E-state index < -0.39 is 0 Å². The second-order valence-electron chi connectivity index (χ2n) is 5.69. The highest BCUT2D eigenvalue weighted by Crippen LogP contribution is 2.26. The number of nitrogens with two attached hydrogens (primary N) is 1. The number of pyridine rings is 1. The third-order valence-corrected chi connectivity index (χ3v) is 4.09. The van der Waals surface area contributed by atoms with Crippen LogP contribution in [0.15, 0.2) is 41.4 Å². The third kappa shape index (κ3) is 3.72. The molecular weight excluding hydrogens is 260 g/mol. The van der Waals surface area contributed by atoms with Crippen molar-refractivity contribution >= 4 is 16.9 Å². The maximum atomic E-state index is 5.87. The van der Waals surface area contributed by atoms with Gasteiger partial charge in [-0.15, -0.1) is 0 Å². The summed E-state index contributed by atoms with van der Waals surface area (Å²) in [6, 6.07) is 12.4. The van der Waals surface area contributed by atoms with Crippen LogP contribution in [0.5, 0.6) is 0 Å². The molecule has 0 saturated heterocycles.